The molecule has 28 heavy (non-hydrogen) atoms. The van der Waals surface area contributed by atoms with Crippen molar-refractivity contribution in [3.8, 4) is 0 Å². The van der Waals surface area contributed by atoms with Crippen molar-refractivity contribution >= 4 is 34.2 Å². The Morgan fingerprint density at radius 3 is 2.75 bits per heavy atom. The van der Waals surface area contributed by atoms with Crippen molar-refractivity contribution in [3.05, 3.63) is 66.9 Å². The van der Waals surface area contributed by atoms with Crippen LogP contribution >= 0.6 is 11.6 Å². The number of hydrogen-bond donors (Lipinski definition) is 2. The van der Waals surface area contributed by atoms with Crippen molar-refractivity contribution in [3.63, 3.8) is 0 Å². The zero-order valence-electron chi connectivity index (χ0n) is 15.6. The Hall–Kier alpha value is -2.97. The number of hydrogen-bond acceptors (Lipinski definition) is 5. The molecule has 0 radical (unpaired) electrons. The average Bonchev–Trinajstić information content (AvgIpc) is 2.64. The third-order valence-corrected chi connectivity index (χ3v) is 4.61. The summed E-state index contributed by atoms with van der Waals surface area (Å²) in [5, 5.41) is 3.43. The highest BCUT2D eigenvalue weighted by Crippen LogP contribution is 2.22. The smallest absolute Gasteiger partial charge is 0.330 e. The normalized spacial score (nSPS) is 11.0. The number of anilines is 1. The van der Waals surface area contributed by atoms with Gasteiger partial charge in [0.1, 0.15) is 5.65 Å². The Bertz CT molecular complexity index is 1180. The number of fused-ring (bicyclic) bond motifs is 1. The number of ether oxygens (including phenoxy) is 1. The van der Waals surface area contributed by atoms with Crippen molar-refractivity contribution in [1.29, 1.82) is 0 Å². The number of rotatable bonds is 5. The van der Waals surface area contributed by atoms with Gasteiger partial charge in [0.2, 0.25) is 0 Å². The Labute approximate surface area is 165 Å². The van der Waals surface area contributed by atoms with E-state index >= 15 is 0 Å². The molecule has 0 aliphatic carbocycles. The van der Waals surface area contributed by atoms with Crippen LogP contribution in [0.3, 0.4) is 0 Å². The molecule has 0 unspecified atom stereocenters. The number of pyridine rings is 1. The van der Waals surface area contributed by atoms with E-state index in [1.54, 1.807) is 25.1 Å². The lowest BCUT2D eigenvalue weighted by Crippen LogP contribution is -2.32. The number of aromatic amines is 1. The van der Waals surface area contributed by atoms with E-state index < -0.39 is 17.2 Å². The second-order valence-electron chi connectivity index (χ2n) is 6.31. The second-order valence-corrected chi connectivity index (χ2v) is 6.75. The molecule has 1 aromatic carbocycles. The van der Waals surface area contributed by atoms with Crippen LogP contribution in [0, 0.1) is 13.8 Å². The van der Waals surface area contributed by atoms with E-state index in [0.29, 0.717) is 16.4 Å². The first-order valence-electron chi connectivity index (χ1n) is 8.52. The molecule has 2 N–H and O–H groups in total. The van der Waals surface area contributed by atoms with Gasteiger partial charge in [-0.25, -0.2) is 9.78 Å². The number of nitrogens with one attached hydrogen (secondary N) is 2. The summed E-state index contributed by atoms with van der Waals surface area (Å²) in [6.07, 6.45) is 0. The topological polar surface area (TPSA) is 106 Å². The van der Waals surface area contributed by atoms with E-state index in [1.165, 1.54) is 17.7 Å². The van der Waals surface area contributed by atoms with E-state index in [4.69, 9.17) is 16.3 Å². The Morgan fingerprint density at radius 1 is 1.29 bits per heavy atom. The second kappa shape index (κ2) is 7.95. The lowest BCUT2D eigenvalue weighted by atomic mass is 10.1. The monoisotopic (exact) mass is 402 g/mol. The fraction of sp³-hybridized carbons (Fsp3) is 0.263. The summed E-state index contributed by atoms with van der Waals surface area (Å²) >= 11 is 6.00. The molecule has 2 heterocycles. The molecule has 8 nitrogen and oxygen atoms in total. The molecule has 0 saturated carbocycles. The first kappa shape index (κ1) is 19.8. The van der Waals surface area contributed by atoms with Crippen LogP contribution in [0.25, 0.3) is 11.0 Å². The minimum absolute atomic E-state index is 0.147. The van der Waals surface area contributed by atoms with Gasteiger partial charge in [0.05, 0.1) is 29.8 Å². The van der Waals surface area contributed by atoms with Crippen LogP contribution in [0.5, 0.6) is 0 Å². The largest absolute Gasteiger partial charge is 0.383 e. The van der Waals surface area contributed by atoms with Crippen LogP contribution in [-0.4, -0.2) is 34.2 Å². The first-order valence-corrected chi connectivity index (χ1v) is 8.90. The third kappa shape index (κ3) is 3.83. The summed E-state index contributed by atoms with van der Waals surface area (Å²) in [7, 11) is 1.51. The van der Waals surface area contributed by atoms with Crippen LogP contribution in [0.15, 0.2) is 33.9 Å². The predicted molar refractivity (Wildman–Crippen MR) is 107 cm³/mol. The van der Waals surface area contributed by atoms with Gasteiger partial charge in [0.15, 0.2) is 0 Å². The van der Waals surface area contributed by atoms with Crippen molar-refractivity contribution in [2.75, 3.05) is 19.0 Å². The molecule has 0 atom stereocenters. The fourth-order valence-corrected chi connectivity index (χ4v) is 3.00. The molecule has 0 saturated heterocycles. The van der Waals surface area contributed by atoms with Crippen LogP contribution in [0.1, 0.15) is 21.6 Å². The molecule has 0 spiro atoms. The van der Waals surface area contributed by atoms with Gasteiger partial charge in [0, 0.05) is 17.8 Å². The van der Waals surface area contributed by atoms with Gasteiger partial charge in [-0.3, -0.25) is 19.1 Å². The Morgan fingerprint density at radius 2 is 2.04 bits per heavy atom. The molecule has 3 rings (SSSR count). The zero-order chi connectivity index (χ0) is 20.4. The van der Waals surface area contributed by atoms with E-state index in [2.05, 4.69) is 15.3 Å². The van der Waals surface area contributed by atoms with Crippen LogP contribution in [-0.2, 0) is 11.3 Å². The molecule has 146 valence electrons. The molecule has 0 aliphatic heterocycles. The molecular formula is C19H19ClN4O4. The molecule has 0 bridgehead atoms. The summed E-state index contributed by atoms with van der Waals surface area (Å²) < 4.78 is 6.32. The van der Waals surface area contributed by atoms with Crippen molar-refractivity contribution in [2.45, 2.75) is 20.4 Å². The molecular weight excluding hydrogens is 384 g/mol. The number of methoxy groups -OCH3 is 1. The molecule has 1 amide bonds. The van der Waals surface area contributed by atoms with E-state index in [0.717, 1.165) is 5.56 Å². The van der Waals surface area contributed by atoms with Gasteiger partial charge in [-0.2, -0.15) is 0 Å². The fourth-order valence-electron chi connectivity index (χ4n) is 2.83. The predicted octanol–water partition coefficient (Wildman–Crippen LogP) is 2.25. The molecule has 0 aliphatic rings. The van der Waals surface area contributed by atoms with E-state index in [-0.39, 0.29) is 29.7 Å². The zero-order valence-corrected chi connectivity index (χ0v) is 16.4. The minimum atomic E-state index is -0.603. The summed E-state index contributed by atoms with van der Waals surface area (Å²) in [5.41, 5.74) is 1.06. The van der Waals surface area contributed by atoms with Gasteiger partial charge in [-0.1, -0.05) is 17.7 Å². The molecule has 3 aromatic rings. The third-order valence-electron chi connectivity index (χ3n) is 4.37. The number of amides is 1. The number of aromatic nitrogens is 3. The number of H-pyrrole nitrogens is 1. The van der Waals surface area contributed by atoms with Crippen molar-refractivity contribution in [2.24, 2.45) is 0 Å². The van der Waals surface area contributed by atoms with Gasteiger partial charge < -0.3 is 10.1 Å². The van der Waals surface area contributed by atoms with Crippen molar-refractivity contribution < 1.29 is 9.53 Å². The maximum Gasteiger partial charge on any atom is 0.330 e. The number of carbonyl (C=O) groups excluding carboxylic acids is 1. The van der Waals surface area contributed by atoms with Gasteiger partial charge >= 0.3 is 5.69 Å². The SMILES string of the molecule is COCCn1c(=O)[nH]c(=O)c2cc(C(=O)Nc3cc(Cl)ccc3C)c(C)nc21. The molecule has 9 heteroatoms. The highest BCUT2D eigenvalue weighted by molar-refractivity contribution is 6.31. The quantitative estimate of drug-likeness (QED) is 0.680. The number of benzene rings is 1. The first-order chi connectivity index (χ1) is 13.3. The highest BCUT2D eigenvalue weighted by Gasteiger charge is 2.17. The number of carbonyl (C=O) groups is 1. The summed E-state index contributed by atoms with van der Waals surface area (Å²) in [5.74, 6) is -0.425. The van der Waals surface area contributed by atoms with Crippen LogP contribution < -0.4 is 16.6 Å². The number of nitrogens with zero attached hydrogens (tertiary/aromatic N) is 2. The maximum absolute atomic E-state index is 12.8. The highest BCUT2D eigenvalue weighted by atomic mass is 35.5. The van der Waals surface area contributed by atoms with Gasteiger partial charge in [-0.15, -0.1) is 0 Å². The summed E-state index contributed by atoms with van der Waals surface area (Å²) in [6.45, 7) is 3.99. The Balaban J connectivity index is 2.08. The number of aryl methyl sites for hydroxylation is 2. The molecule has 0 fully saturated rings. The van der Waals surface area contributed by atoms with Crippen LogP contribution in [0.4, 0.5) is 5.69 Å². The van der Waals surface area contributed by atoms with E-state index in [1.807, 2.05) is 6.92 Å². The minimum Gasteiger partial charge on any atom is -0.383 e. The van der Waals surface area contributed by atoms with Crippen molar-refractivity contribution in [1.82, 2.24) is 14.5 Å². The Kier molecular flexibility index (Phi) is 5.62. The summed E-state index contributed by atoms with van der Waals surface area (Å²) in [6, 6.07) is 6.61. The molecule has 2 aromatic heterocycles. The van der Waals surface area contributed by atoms with E-state index in [9.17, 15) is 14.4 Å². The average molecular weight is 403 g/mol. The summed E-state index contributed by atoms with van der Waals surface area (Å²) in [4.78, 5) is 43.8. The van der Waals surface area contributed by atoms with Crippen LogP contribution in [0.2, 0.25) is 5.02 Å². The lowest BCUT2D eigenvalue weighted by Gasteiger charge is -2.13. The van der Waals surface area contributed by atoms with Gasteiger partial charge in [0.25, 0.3) is 11.5 Å². The maximum atomic E-state index is 12.8. The number of halogens is 1. The van der Waals surface area contributed by atoms with Gasteiger partial charge in [-0.05, 0) is 37.6 Å². The lowest BCUT2D eigenvalue weighted by molar-refractivity contribution is 0.102. The standard InChI is InChI=1S/C19H19ClN4O4/c1-10-4-5-12(20)8-15(10)22-17(25)13-9-14-16(21-11(13)2)24(6-7-28-3)19(27)23-18(14)26/h4-5,8-9H,6-7H2,1-3H3,(H,22,25)(H,23,26,27).